The van der Waals surface area contributed by atoms with Crippen molar-refractivity contribution in [2.75, 3.05) is 40.0 Å². The van der Waals surface area contributed by atoms with Crippen molar-refractivity contribution in [3.63, 3.8) is 0 Å². The Labute approximate surface area is 202 Å². The molecule has 1 amide bonds. The minimum Gasteiger partial charge on any atom is -0.493 e. The maximum Gasteiger partial charge on any atom is 0.260 e. The van der Waals surface area contributed by atoms with E-state index < -0.39 is 0 Å². The molecule has 0 saturated carbocycles. The van der Waals surface area contributed by atoms with Gasteiger partial charge in [-0.3, -0.25) is 4.79 Å². The third-order valence-electron chi connectivity index (χ3n) is 5.42. The number of allylic oxidation sites excluding steroid dienone is 1. The molecule has 174 valence electrons. The van der Waals surface area contributed by atoms with Gasteiger partial charge in [0.25, 0.3) is 5.91 Å². The van der Waals surface area contributed by atoms with Crippen molar-refractivity contribution in [2.24, 2.45) is 0 Å². The first-order valence-corrected chi connectivity index (χ1v) is 11.8. The Morgan fingerprint density at radius 1 is 1.21 bits per heavy atom. The Balaban J connectivity index is 1.48. The van der Waals surface area contributed by atoms with Gasteiger partial charge in [-0.25, -0.2) is 4.98 Å². The largest absolute Gasteiger partial charge is 0.493 e. The number of morpholine rings is 1. The molecule has 1 aliphatic rings. The molecule has 7 nitrogen and oxygen atoms in total. The quantitative estimate of drug-likeness (QED) is 0.470. The summed E-state index contributed by atoms with van der Waals surface area (Å²) in [6.45, 7) is 4.20. The molecule has 1 saturated heterocycles. The van der Waals surface area contributed by atoms with E-state index in [0.29, 0.717) is 48.4 Å². The monoisotopic (exact) mass is 475 g/mol. The lowest BCUT2D eigenvalue weighted by atomic mass is 10.1. The van der Waals surface area contributed by atoms with E-state index in [0.717, 1.165) is 16.8 Å². The van der Waals surface area contributed by atoms with Crippen molar-refractivity contribution in [3.8, 4) is 28.8 Å². The number of aryl methyl sites for hydroxylation is 1. The first-order chi connectivity index (χ1) is 16.6. The van der Waals surface area contributed by atoms with Gasteiger partial charge >= 0.3 is 0 Å². The van der Waals surface area contributed by atoms with Gasteiger partial charge in [-0.05, 0) is 30.7 Å². The summed E-state index contributed by atoms with van der Waals surface area (Å²) < 4.78 is 16.5. The average Bonchev–Trinajstić information content (AvgIpc) is 3.37. The van der Waals surface area contributed by atoms with E-state index in [-0.39, 0.29) is 12.5 Å². The van der Waals surface area contributed by atoms with Gasteiger partial charge in [-0.15, -0.1) is 11.3 Å². The van der Waals surface area contributed by atoms with E-state index in [1.807, 2.05) is 42.6 Å². The van der Waals surface area contributed by atoms with Gasteiger partial charge in [0, 0.05) is 24.0 Å². The Morgan fingerprint density at radius 3 is 2.68 bits per heavy atom. The molecule has 4 rings (SSSR count). The maximum absolute atomic E-state index is 12.4. The SMILES string of the molecule is COc1cc(C=C(C#N)c2nc(-c3ccc(C)cc3)cs2)ccc1OCC(=O)N1CCOCC1. The smallest absolute Gasteiger partial charge is 0.260 e. The fourth-order valence-electron chi connectivity index (χ4n) is 3.50. The number of nitriles is 1. The highest BCUT2D eigenvalue weighted by atomic mass is 32.1. The van der Waals surface area contributed by atoms with E-state index in [2.05, 4.69) is 11.1 Å². The molecule has 34 heavy (non-hydrogen) atoms. The van der Waals surface area contributed by atoms with Crippen LogP contribution in [0.2, 0.25) is 0 Å². The molecular weight excluding hydrogens is 450 g/mol. The molecule has 0 unspecified atom stereocenters. The summed E-state index contributed by atoms with van der Waals surface area (Å²) in [5, 5.41) is 12.3. The molecule has 0 atom stereocenters. The molecule has 1 aliphatic heterocycles. The van der Waals surface area contributed by atoms with Crippen molar-refractivity contribution in [1.82, 2.24) is 9.88 Å². The number of carbonyl (C=O) groups is 1. The first-order valence-electron chi connectivity index (χ1n) is 10.9. The van der Waals surface area contributed by atoms with Gasteiger partial charge in [-0.2, -0.15) is 5.26 Å². The van der Waals surface area contributed by atoms with Gasteiger partial charge in [-0.1, -0.05) is 35.9 Å². The fraction of sp³-hybridized carbons (Fsp3) is 0.269. The molecule has 0 N–H and O–H groups in total. The minimum absolute atomic E-state index is 0.0735. The number of ether oxygens (including phenoxy) is 3. The number of thiazole rings is 1. The highest BCUT2D eigenvalue weighted by molar-refractivity contribution is 7.11. The van der Waals surface area contributed by atoms with E-state index in [4.69, 9.17) is 14.2 Å². The lowest BCUT2D eigenvalue weighted by Crippen LogP contribution is -2.43. The summed E-state index contributed by atoms with van der Waals surface area (Å²) in [7, 11) is 1.54. The second kappa shape index (κ2) is 11.0. The summed E-state index contributed by atoms with van der Waals surface area (Å²) in [5.74, 6) is 0.866. The zero-order chi connectivity index (χ0) is 23.9. The second-order valence-electron chi connectivity index (χ2n) is 7.77. The molecule has 8 heteroatoms. The number of nitrogens with zero attached hydrogens (tertiary/aromatic N) is 3. The van der Waals surface area contributed by atoms with E-state index in [1.54, 1.807) is 30.2 Å². The van der Waals surface area contributed by atoms with Crippen molar-refractivity contribution in [2.45, 2.75) is 6.92 Å². The summed E-state index contributed by atoms with van der Waals surface area (Å²) in [5.41, 5.74) is 4.27. The molecule has 1 aromatic heterocycles. The van der Waals surface area contributed by atoms with Crippen molar-refractivity contribution in [3.05, 3.63) is 64.0 Å². The molecule has 0 spiro atoms. The Hall–Kier alpha value is -3.67. The summed E-state index contributed by atoms with van der Waals surface area (Å²) in [6.07, 6.45) is 1.77. The Kier molecular flexibility index (Phi) is 7.58. The molecular formula is C26H25N3O4S. The number of amides is 1. The summed E-state index contributed by atoms with van der Waals surface area (Å²) >= 11 is 1.43. The molecule has 0 radical (unpaired) electrons. The van der Waals surface area contributed by atoms with Crippen molar-refractivity contribution in [1.29, 1.82) is 5.26 Å². The predicted molar refractivity (Wildman–Crippen MR) is 132 cm³/mol. The fourth-order valence-corrected chi connectivity index (χ4v) is 4.29. The van der Waals surface area contributed by atoms with E-state index in [9.17, 15) is 10.1 Å². The minimum atomic E-state index is -0.0887. The molecule has 3 aromatic rings. The van der Waals surface area contributed by atoms with Gasteiger partial charge in [0.05, 0.1) is 31.6 Å². The Morgan fingerprint density at radius 2 is 1.97 bits per heavy atom. The van der Waals surface area contributed by atoms with Crippen LogP contribution in [0.25, 0.3) is 22.9 Å². The van der Waals surface area contributed by atoms with Gasteiger partial charge in [0.2, 0.25) is 0 Å². The molecule has 0 aliphatic carbocycles. The Bertz CT molecular complexity index is 1220. The summed E-state index contributed by atoms with van der Waals surface area (Å²) in [4.78, 5) is 18.7. The highest BCUT2D eigenvalue weighted by Gasteiger charge is 2.18. The van der Waals surface area contributed by atoms with Crippen LogP contribution in [0.4, 0.5) is 0 Å². The van der Waals surface area contributed by atoms with Gasteiger partial charge in [0.15, 0.2) is 18.1 Å². The van der Waals surface area contributed by atoms with Crippen molar-refractivity contribution < 1.29 is 19.0 Å². The molecule has 0 bridgehead atoms. The molecule has 2 aromatic carbocycles. The predicted octanol–water partition coefficient (Wildman–Crippen LogP) is 4.43. The van der Waals surface area contributed by atoms with Crippen LogP contribution in [0, 0.1) is 18.3 Å². The first kappa shape index (κ1) is 23.5. The number of rotatable bonds is 7. The number of hydrogen-bond donors (Lipinski definition) is 0. The topological polar surface area (TPSA) is 84.7 Å². The number of hydrogen-bond acceptors (Lipinski definition) is 7. The van der Waals surface area contributed by atoms with Crippen LogP contribution in [0.15, 0.2) is 47.8 Å². The van der Waals surface area contributed by atoms with Gasteiger partial charge < -0.3 is 19.1 Å². The van der Waals surface area contributed by atoms with Crippen LogP contribution in [-0.2, 0) is 9.53 Å². The van der Waals surface area contributed by atoms with Crippen LogP contribution in [0.3, 0.4) is 0 Å². The number of carbonyl (C=O) groups excluding carboxylic acids is 1. The van der Waals surface area contributed by atoms with Crippen LogP contribution < -0.4 is 9.47 Å². The number of benzene rings is 2. The standard InChI is InChI=1S/C26H25N3O4S/c1-18-3-6-20(7-4-18)22-17-34-26(28-22)21(15-27)13-19-5-8-23(24(14-19)31-2)33-16-25(30)29-9-11-32-12-10-29/h3-8,13-14,17H,9-12,16H2,1-2H3. The van der Waals surface area contributed by atoms with Crippen LogP contribution >= 0.6 is 11.3 Å². The van der Waals surface area contributed by atoms with Gasteiger partial charge in [0.1, 0.15) is 11.1 Å². The maximum atomic E-state index is 12.4. The normalized spacial score (nSPS) is 13.9. The van der Waals surface area contributed by atoms with E-state index in [1.165, 1.54) is 16.9 Å². The average molecular weight is 476 g/mol. The van der Waals surface area contributed by atoms with Crippen molar-refractivity contribution >= 4 is 28.9 Å². The zero-order valence-corrected chi connectivity index (χ0v) is 19.9. The lowest BCUT2D eigenvalue weighted by molar-refractivity contribution is -0.137. The van der Waals surface area contributed by atoms with E-state index >= 15 is 0 Å². The third-order valence-corrected chi connectivity index (χ3v) is 6.29. The van der Waals surface area contributed by atoms with Crippen LogP contribution in [0.1, 0.15) is 16.1 Å². The molecule has 2 heterocycles. The zero-order valence-electron chi connectivity index (χ0n) is 19.1. The number of aromatic nitrogens is 1. The van der Waals surface area contributed by atoms with Crippen LogP contribution in [0.5, 0.6) is 11.5 Å². The molecule has 1 fully saturated rings. The lowest BCUT2D eigenvalue weighted by Gasteiger charge is -2.26. The highest BCUT2D eigenvalue weighted by Crippen LogP contribution is 2.31. The summed E-state index contributed by atoms with van der Waals surface area (Å²) in [6, 6.07) is 15.7. The number of methoxy groups -OCH3 is 1. The van der Waals surface area contributed by atoms with Crippen LogP contribution in [-0.4, -0.2) is 55.8 Å². The second-order valence-corrected chi connectivity index (χ2v) is 8.62. The third kappa shape index (κ3) is 5.63.